The van der Waals surface area contributed by atoms with Crippen LogP contribution in [0.1, 0.15) is 5.56 Å². The van der Waals surface area contributed by atoms with E-state index in [0.29, 0.717) is 16.2 Å². The minimum atomic E-state index is 0.0469. The van der Waals surface area contributed by atoms with Gasteiger partial charge in [0.05, 0.1) is 0 Å². The first-order chi connectivity index (χ1) is 8.20. The summed E-state index contributed by atoms with van der Waals surface area (Å²) in [6, 6.07) is 9.09. The Balaban J connectivity index is 2.58. The third-order valence-corrected chi connectivity index (χ3v) is 3.69. The SMILES string of the molecule is Cc1ccc2c3c1c(=O)c1cccc(c1-3)c2=O. The van der Waals surface area contributed by atoms with Crippen LogP contribution in [0.3, 0.4) is 0 Å². The van der Waals surface area contributed by atoms with Gasteiger partial charge in [0.15, 0.2) is 10.9 Å². The maximum absolute atomic E-state index is 12.3. The van der Waals surface area contributed by atoms with Gasteiger partial charge in [0.2, 0.25) is 0 Å². The van der Waals surface area contributed by atoms with E-state index < -0.39 is 0 Å². The van der Waals surface area contributed by atoms with Gasteiger partial charge in [-0.1, -0.05) is 30.3 Å². The van der Waals surface area contributed by atoms with E-state index in [1.165, 1.54) is 0 Å². The third-order valence-electron chi connectivity index (χ3n) is 3.69. The van der Waals surface area contributed by atoms with Gasteiger partial charge in [-0.3, -0.25) is 9.59 Å². The summed E-state index contributed by atoms with van der Waals surface area (Å²) in [5.41, 5.74) is 2.78. The van der Waals surface area contributed by atoms with E-state index in [0.717, 1.165) is 22.1 Å². The van der Waals surface area contributed by atoms with Crippen molar-refractivity contribution in [2.45, 2.75) is 6.92 Å². The van der Waals surface area contributed by atoms with E-state index in [-0.39, 0.29) is 10.9 Å². The van der Waals surface area contributed by atoms with Gasteiger partial charge in [-0.15, -0.1) is 0 Å². The van der Waals surface area contributed by atoms with Crippen molar-refractivity contribution in [1.82, 2.24) is 0 Å². The molecule has 2 aliphatic rings. The Labute approximate surface area is 96.5 Å². The Morgan fingerprint density at radius 2 is 1.41 bits per heavy atom. The fourth-order valence-electron chi connectivity index (χ4n) is 2.93. The third kappa shape index (κ3) is 0.804. The van der Waals surface area contributed by atoms with Crippen LogP contribution >= 0.6 is 0 Å². The molecule has 0 bridgehead atoms. The molecule has 80 valence electrons. The Morgan fingerprint density at radius 1 is 0.765 bits per heavy atom. The number of benzene rings is 2. The second-order valence-electron chi connectivity index (χ2n) is 4.57. The molecule has 0 radical (unpaired) electrons. The summed E-state index contributed by atoms with van der Waals surface area (Å²) in [5.74, 6) is 0. The molecule has 0 amide bonds. The Hall–Kier alpha value is -2.22. The maximum Gasteiger partial charge on any atom is 0.194 e. The topological polar surface area (TPSA) is 34.1 Å². The average molecular weight is 220 g/mol. The van der Waals surface area contributed by atoms with Gasteiger partial charge in [-0.05, 0) is 12.5 Å². The van der Waals surface area contributed by atoms with E-state index in [1.54, 1.807) is 12.1 Å². The average Bonchev–Trinajstić information content (AvgIpc) is 2.79. The van der Waals surface area contributed by atoms with Gasteiger partial charge in [0, 0.05) is 32.7 Å². The molecular formula is C15H8O2. The van der Waals surface area contributed by atoms with Gasteiger partial charge in [0.1, 0.15) is 0 Å². The van der Waals surface area contributed by atoms with Gasteiger partial charge < -0.3 is 0 Å². The molecule has 0 fully saturated rings. The Bertz CT molecular complexity index is 923. The number of hydrogen-bond donors (Lipinski definition) is 0. The first-order valence-corrected chi connectivity index (χ1v) is 5.56. The van der Waals surface area contributed by atoms with Crippen LogP contribution in [0.4, 0.5) is 0 Å². The molecule has 17 heavy (non-hydrogen) atoms. The second-order valence-corrected chi connectivity index (χ2v) is 4.57. The normalized spacial score (nSPS) is 12.3. The van der Waals surface area contributed by atoms with Crippen molar-refractivity contribution in [3.05, 3.63) is 56.3 Å². The van der Waals surface area contributed by atoms with Gasteiger partial charge in [-0.2, -0.15) is 0 Å². The zero-order valence-electron chi connectivity index (χ0n) is 9.20. The Morgan fingerprint density at radius 3 is 2.18 bits per heavy atom. The van der Waals surface area contributed by atoms with E-state index in [9.17, 15) is 9.59 Å². The molecule has 0 saturated heterocycles. The summed E-state index contributed by atoms with van der Waals surface area (Å²) in [4.78, 5) is 24.5. The molecule has 0 saturated carbocycles. The number of rotatable bonds is 0. The molecule has 0 spiro atoms. The monoisotopic (exact) mass is 220 g/mol. The Kier molecular flexibility index (Phi) is 1.33. The first-order valence-electron chi connectivity index (χ1n) is 5.56. The standard InChI is InChI=1S/C15H8O2/c1-7-5-6-10-13-11(7)15(17)9-4-2-3-8(12(9)13)14(10)16/h2-6H,1H3. The molecule has 0 aliphatic heterocycles. The fraction of sp³-hybridized carbons (Fsp3) is 0.0667. The summed E-state index contributed by atoms with van der Waals surface area (Å²) < 4.78 is 0. The smallest absolute Gasteiger partial charge is 0.194 e. The minimum absolute atomic E-state index is 0.0469. The highest BCUT2D eigenvalue weighted by atomic mass is 16.1. The molecule has 0 unspecified atom stereocenters. The summed E-state index contributed by atoms with van der Waals surface area (Å²) in [6.45, 7) is 1.92. The zero-order chi connectivity index (χ0) is 11.7. The van der Waals surface area contributed by atoms with Crippen LogP contribution in [0, 0.1) is 6.92 Å². The molecule has 2 nitrogen and oxygen atoms in total. The lowest BCUT2D eigenvalue weighted by Crippen LogP contribution is -2.00. The molecular weight excluding hydrogens is 212 g/mol. The van der Waals surface area contributed by atoms with Crippen LogP contribution in [-0.4, -0.2) is 0 Å². The predicted octanol–water partition coefficient (Wildman–Crippen LogP) is 2.44. The molecule has 2 aromatic carbocycles. The largest absolute Gasteiger partial charge is 0.289 e. The summed E-state index contributed by atoms with van der Waals surface area (Å²) >= 11 is 0. The van der Waals surface area contributed by atoms with Gasteiger partial charge in [-0.25, -0.2) is 0 Å². The van der Waals surface area contributed by atoms with Crippen molar-refractivity contribution < 1.29 is 0 Å². The van der Waals surface area contributed by atoms with Crippen molar-refractivity contribution >= 4 is 21.5 Å². The summed E-state index contributed by atoms with van der Waals surface area (Å²) in [5, 5.41) is 2.75. The molecule has 2 aliphatic carbocycles. The van der Waals surface area contributed by atoms with E-state index in [1.807, 2.05) is 25.1 Å². The van der Waals surface area contributed by atoms with Gasteiger partial charge >= 0.3 is 0 Å². The lowest BCUT2D eigenvalue weighted by molar-refractivity contribution is 1.53. The summed E-state index contributed by atoms with van der Waals surface area (Å²) in [7, 11) is 0. The summed E-state index contributed by atoms with van der Waals surface area (Å²) in [6.07, 6.45) is 0. The van der Waals surface area contributed by atoms with Crippen LogP contribution in [0.15, 0.2) is 39.9 Å². The fourth-order valence-corrected chi connectivity index (χ4v) is 2.93. The van der Waals surface area contributed by atoms with Crippen LogP contribution < -0.4 is 10.9 Å². The van der Waals surface area contributed by atoms with Crippen molar-refractivity contribution in [1.29, 1.82) is 0 Å². The first kappa shape index (κ1) is 8.88. The predicted molar refractivity (Wildman–Crippen MR) is 68.9 cm³/mol. The zero-order valence-corrected chi connectivity index (χ0v) is 9.20. The van der Waals surface area contributed by atoms with Crippen molar-refractivity contribution in [2.24, 2.45) is 0 Å². The molecule has 2 heteroatoms. The van der Waals surface area contributed by atoms with Crippen LogP contribution in [0.25, 0.3) is 32.7 Å². The van der Waals surface area contributed by atoms with Gasteiger partial charge in [0.25, 0.3) is 0 Å². The van der Waals surface area contributed by atoms with E-state index in [2.05, 4.69) is 0 Å². The molecule has 0 N–H and O–H groups in total. The molecule has 0 aromatic heterocycles. The van der Waals surface area contributed by atoms with Crippen molar-refractivity contribution in [3.63, 3.8) is 0 Å². The highest BCUT2D eigenvalue weighted by molar-refractivity contribution is 6.18. The molecule has 2 aromatic rings. The molecule has 0 heterocycles. The van der Waals surface area contributed by atoms with Crippen LogP contribution in [-0.2, 0) is 0 Å². The molecule has 4 rings (SSSR count). The quantitative estimate of drug-likeness (QED) is 0.456. The van der Waals surface area contributed by atoms with E-state index in [4.69, 9.17) is 0 Å². The lowest BCUT2D eigenvalue weighted by Gasteiger charge is -1.98. The highest BCUT2D eigenvalue weighted by Crippen LogP contribution is 2.39. The van der Waals surface area contributed by atoms with Crippen molar-refractivity contribution in [3.8, 4) is 11.1 Å². The number of hydrogen-bond acceptors (Lipinski definition) is 2. The number of aryl methyl sites for hydroxylation is 1. The van der Waals surface area contributed by atoms with Crippen molar-refractivity contribution in [2.75, 3.05) is 0 Å². The second kappa shape index (κ2) is 2.54. The highest BCUT2D eigenvalue weighted by Gasteiger charge is 2.26. The minimum Gasteiger partial charge on any atom is -0.289 e. The van der Waals surface area contributed by atoms with Crippen LogP contribution in [0.5, 0.6) is 0 Å². The van der Waals surface area contributed by atoms with Crippen LogP contribution in [0.2, 0.25) is 0 Å². The lowest BCUT2D eigenvalue weighted by atomic mass is 10.0. The maximum atomic E-state index is 12.3. The molecule has 0 atom stereocenters. The van der Waals surface area contributed by atoms with E-state index >= 15 is 0 Å².